The molecule has 36 heavy (non-hydrogen) atoms. The van der Waals surface area contributed by atoms with Gasteiger partial charge in [-0.3, -0.25) is 0 Å². The fourth-order valence-electron chi connectivity index (χ4n) is 4.15. The number of aryl methyl sites for hydroxylation is 2. The van der Waals surface area contributed by atoms with Gasteiger partial charge in [-0.15, -0.1) is 0 Å². The first-order chi connectivity index (χ1) is 17.1. The number of allylic oxidation sites excluding steroid dienone is 3. The predicted octanol–water partition coefficient (Wildman–Crippen LogP) is 6.72. The SMILES string of the molecule is C=C(/C=C(\C)OC)CCC.CCOc1cc2c(cc1C)OC(C(O)CNCC1SSCC1(C)C)CC2. The minimum Gasteiger partial charge on any atom is -0.501 e. The molecular formula is C29H47NO4S2. The van der Waals surface area contributed by atoms with Crippen molar-refractivity contribution in [3.05, 3.63) is 47.2 Å². The first-order valence-corrected chi connectivity index (χ1v) is 15.5. The molecule has 1 fully saturated rings. The van der Waals surface area contributed by atoms with Gasteiger partial charge in [0.2, 0.25) is 0 Å². The number of aliphatic hydroxyl groups excluding tert-OH is 1. The smallest absolute Gasteiger partial charge is 0.126 e. The highest BCUT2D eigenvalue weighted by molar-refractivity contribution is 8.77. The minimum absolute atomic E-state index is 0.147. The fraction of sp³-hybridized carbons (Fsp3) is 0.655. The Bertz CT molecular complexity index is 871. The normalized spacial score (nSPS) is 21.5. The summed E-state index contributed by atoms with van der Waals surface area (Å²) < 4.78 is 16.8. The van der Waals surface area contributed by atoms with E-state index in [-0.39, 0.29) is 6.10 Å². The monoisotopic (exact) mass is 537 g/mol. The molecule has 3 unspecified atom stereocenters. The second-order valence-corrected chi connectivity index (χ2v) is 12.9. The number of hydrogen-bond acceptors (Lipinski definition) is 7. The summed E-state index contributed by atoms with van der Waals surface area (Å²) in [4.78, 5) is 0. The maximum Gasteiger partial charge on any atom is 0.126 e. The van der Waals surface area contributed by atoms with Gasteiger partial charge < -0.3 is 24.6 Å². The first kappa shape index (κ1) is 30.9. The molecule has 7 heteroatoms. The van der Waals surface area contributed by atoms with E-state index in [1.165, 1.54) is 11.3 Å². The zero-order chi connectivity index (χ0) is 26.7. The van der Waals surface area contributed by atoms with Gasteiger partial charge in [-0.1, -0.05) is 60.9 Å². The lowest BCUT2D eigenvalue weighted by atomic mass is 9.91. The molecule has 2 N–H and O–H groups in total. The Kier molecular flexibility index (Phi) is 13.1. The lowest BCUT2D eigenvalue weighted by molar-refractivity contribution is 0.0243. The summed E-state index contributed by atoms with van der Waals surface area (Å²) in [6, 6.07) is 4.13. The molecule has 204 valence electrons. The van der Waals surface area contributed by atoms with Crippen LogP contribution in [-0.2, 0) is 11.2 Å². The molecule has 1 saturated heterocycles. The van der Waals surface area contributed by atoms with E-state index >= 15 is 0 Å². The first-order valence-electron chi connectivity index (χ1n) is 13.1. The van der Waals surface area contributed by atoms with Crippen LogP contribution in [0.25, 0.3) is 0 Å². The van der Waals surface area contributed by atoms with Crippen LogP contribution in [0.4, 0.5) is 0 Å². The Morgan fingerprint density at radius 3 is 2.72 bits per heavy atom. The van der Waals surface area contributed by atoms with Crippen molar-refractivity contribution in [2.45, 2.75) is 84.7 Å². The van der Waals surface area contributed by atoms with E-state index < -0.39 is 6.10 Å². The average Bonchev–Trinajstić information content (AvgIpc) is 3.17. The van der Waals surface area contributed by atoms with Crippen LogP contribution in [0.2, 0.25) is 0 Å². The van der Waals surface area contributed by atoms with E-state index in [1.807, 2.05) is 54.5 Å². The molecule has 0 spiro atoms. The highest BCUT2D eigenvalue weighted by Gasteiger charge is 2.36. The number of nitrogens with one attached hydrogen (secondary N) is 1. The zero-order valence-corrected chi connectivity index (χ0v) is 24.9. The van der Waals surface area contributed by atoms with Crippen LogP contribution in [0.1, 0.15) is 65.0 Å². The summed E-state index contributed by atoms with van der Waals surface area (Å²) in [7, 11) is 5.59. The minimum atomic E-state index is -0.489. The summed E-state index contributed by atoms with van der Waals surface area (Å²) in [6.07, 6.45) is 5.29. The fourth-order valence-corrected chi connectivity index (χ4v) is 8.11. The molecule has 3 atom stereocenters. The van der Waals surface area contributed by atoms with Crippen LogP contribution in [0.5, 0.6) is 11.5 Å². The van der Waals surface area contributed by atoms with Crippen LogP contribution in [0, 0.1) is 12.3 Å². The summed E-state index contributed by atoms with van der Waals surface area (Å²) in [6.45, 7) is 18.8. The molecule has 0 aliphatic carbocycles. The molecular weight excluding hydrogens is 490 g/mol. The summed E-state index contributed by atoms with van der Waals surface area (Å²) in [5.41, 5.74) is 3.75. The Morgan fingerprint density at radius 2 is 2.11 bits per heavy atom. The lowest BCUT2D eigenvalue weighted by Gasteiger charge is -2.31. The van der Waals surface area contributed by atoms with Gasteiger partial charge in [-0.2, -0.15) is 0 Å². The van der Waals surface area contributed by atoms with Crippen molar-refractivity contribution >= 4 is 21.6 Å². The van der Waals surface area contributed by atoms with E-state index in [0.29, 0.717) is 23.8 Å². The second kappa shape index (κ2) is 15.2. The Hall–Kier alpha value is -1.28. The van der Waals surface area contributed by atoms with Gasteiger partial charge in [-0.05, 0) is 74.8 Å². The number of benzene rings is 1. The molecule has 0 radical (unpaired) electrons. The van der Waals surface area contributed by atoms with Gasteiger partial charge in [0.1, 0.15) is 23.7 Å². The van der Waals surface area contributed by atoms with Crippen LogP contribution < -0.4 is 14.8 Å². The largest absolute Gasteiger partial charge is 0.501 e. The Labute approximate surface area is 227 Å². The van der Waals surface area contributed by atoms with Gasteiger partial charge in [-0.25, -0.2) is 0 Å². The number of rotatable bonds is 11. The molecule has 0 aromatic heterocycles. The molecule has 2 aliphatic rings. The number of hydrogen-bond donors (Lipinski definition) is 2. The van der Waals surface area contributed by atoms with Crippen molar-refractivity contribution in [3.8, 4) is 11.5 Å². The lowest BCUT2D eigenvalue weighted by Crippen LogP contribution is -2.44. The predicted molar refractivity (Wildman–Crippen MR) is 156 cm³/mol. The van der Waals surface area contributed by atoms with Gasteiger partial charge in [0.05, 0.1) is 19.5 Å². The van der Waals surface area contributed by atoms with Crippen molar-refractivity contribution < 1.29 is 19.3 Å². The molecule has 1 aromatic carbocycles. The molecule has 2 aliphatic heterocycles. The number of ether oxygens (including phenoxy) is 3. The third-order valence-electron chi connectivity index (χ3n) is 6.53. The van der Waals surface area contributed by atoms with Crippen molar-refractivity contribution in [2.24, 2.45) is 5.41 Å². The molecule has 5 nitrogen and oxygen atoms in total. The van der Waals surface area contributed by atoms with Crippen molar-refractivity contribution in [3.63, 3.8) is 0 Å². The van der Waals surface area contributed by atoms with E-state index in [4.69, 9.17) is 14.2 Å². The second-order valence-electron chi connectivity index (χ2n) is 10.3. The maximum atomic E-state index is 10.6. The summed E-state index contributed by atoms with van der Waals surface area (Å²) >= 11 is 0. The van der Waals surface area contributed by atoms with Gasteiger partial charge >= 0.3 is 0 Å². The molecule has 0 amide bonds. The summed E-state index contributed by atoms with van der Waals surface area (Å²) in [5.74, 6) is 3.95. The van der Waals surface area contributed by atoms with Gasteiger partial charge in [0.15, 0.2) is 0 Å². The molecule has 1 aromatic rings. The van der Waals surface area contributed by atoms with Crippen molar-refractivity contribution in [1.29, 1.82) is 0 Å². The molecule has 0 saturated carbocycles. The Morgan fingerprint density at radius 1 is 1.36 bits per heavy atom. The van der Waals surface area contributed by atoms with Gasteiger partial charge in [0.25, 0.3) is 0 Å². The highest BCUT2D eigenvalue weighted by atomic mass is 33.1. The van der Waals surface area contributed by atoms with Crippen molar-refractivity contribution in [1.82, 2.24) is 5.32 Å². The van der Waals surface area contributed by atoms with Crippen LogP contribution >= 0.6 is 21.6 Å². The third kappa shape index (κ3) is 9.55. The topological polar surface area (TPSA) is 60.0 Å². The number of methoxy groups -OCH3 is 1. The van der Waals surface area contributed by atoms with Crippen LogP contribution in [0.15, 0.2) is 36.1 Å². The molecule has 2 heterocycles. The third-order valence-corrected chi connectivity index (χ3v) is 10.0. The van der Waals surface area contributed by atoms with E-state index in [1.54, 1.807) is 7.11 Å². The quantitative estimate of drug-likeness (QED) is 0.185. The van der Waals surface area contributed by atoms with Crippen molar-refractivity contribution in [2.75, 3.05) is 32.6 Å². The van der Waals surface area contributed by atoms with Crippen LogP contribution in [0.3, 0.4) is 0 Å². The van der Waals surface area contributed by atoms with E-state index in [9.17, 15) is 5.11 Å². The van der Waals surface area contributed by atoms with E-state index in [2.05, 4.69) is 38.7 Å². The van der Waals surface area contributed by atoms with Gasteiger partial charge in [0, 0.05) is 24.1 Å². The number of aliphatic hydroxyl groups is 1. The number of fused-ring (bicyclic) bond motifs is 1. The summed E-state index contributed by atoms with van der Waals surface area (Å²) in [5, 5.41) is 14.6. The molecule has 3 rings (SSSR count). The average molecular weight is 538 g/mol. The Balaban J connectivity index is 0.000000388. The standard InChI is InChI=1S/C20H31NO3S2.C9H16O/c1-5-23-17-9-14-6-7-16(24-18(14)8-13(17)2)15(22)10-21-11-19-20(3,4)12-25-26-19;1-5-6-8(2)7-9(3)10-4/h8-9,15-16,19,21-22H,5-7,10-12H2,1-4H3;7H,2,5-6H2,1,3-4H3/b;9-7+. The van der Waals surface area contributed by atoms with E-state index in [0.717, 1.165) is 60.6 Å². The zero-order valence-electron chi connectivity index (χ0n) is 23.3. The highest BCUT2D eigenvalue weighted by Crippen LogP contribution is 2.48. The van der Waals surface area contributed by atoms with Crippen LogP contribution in [-0.4, -0.2) is 55.1 Å². The molecule has 0 bridgehead atoms. The maximum absolute atomic E-state index is 10.6.